The molecule has 0 aromatic heterocycles. The summed E-state index contributed by atoms with van der Waals surface area (Å²) < 4.78 is 0. The van der Waals surface area contributed by atoms with Crippen LogP contribution in [-0.2, 0) is 11.2 Å². The van der Waals surface area contributed by atoms with E-state index in [9.17, 15) is 9.90 Å². The smallest absolute Gasteiger partial charge is 0.227 e. The highest BCUT2D eigenvalue weighted by molar-refractivity contribution is 6.42. The van der Waals surface area contributed by atoms with Crippen LogP contribution in [0.5, 0.6) is 0 Å². The largest absolute Gasteiger partial charge is 0.393 e. The molecule has 1 amide bonds. The van der Waals surface area contributed by atoms with E-state index in [1.54, 1.807) is 12.1 Å². The number of aliphatic hydroxyl groups excluding tert-OH is 1. The van der Waals surface area contributed by atoms with Crippen molar-refractivity contribution >= 4 is 29.1 Å². The third-order valence-corrected chi connectivity index (χ3v) is 5.75. The molecule has 0 aliphatic carbocycles. The highest BCUT2D eigenvalue weighted by Gasteiger charge is 2.32. The van der Waals surface area contributed by atoms with Crippen molar-refractivity contribution in [1.29, 1.82) is 0 Å². The molecule has 1 aromatic carbocycles. The van der Waals surface area contributed by atoms with Gasteiger partial charge in [-0.3, -0.25) is 4.79 Å². The van der Waals surface area contributed by atoms with Gasteiger partial charge in [0.2, 0.25) is 5.91 Å². The van der Waals surface area contributed by atoms with Crippen LogP contribution >= 0.6 is 23.2 Å². The lowest BCUT2D eigenvalue weighted by atomic mass is 9.97. The number of aliphatic hydroxyl groups is 1. The van der Waals surface area contributed by atoms with E-state index in [0.717, 1.165) is 25.2 Å². The van der Waals surface area contributed by atoms with E-state index in [-0.39, 0.29) is 18.1 Å². The minimum Gasteiger partial charge on any atom is -0.393 e. The van der Waals surface area contributed by atoms with E-state index in [1.165, 1.54) is 12.8 Å². The molecule has 2 saturated heterocycles. The first-order chi connectivity index (χ1) is 11.5. The molecule has 2 aliphatic rings. The number of likely N-dealkylation sites (tertiary alicyclic amines) is 2. The molecule has 4 nitrogen and oxygen atoms in total. The number of halogens is 2. The average molecular weight is 371 g/mol. The lowest BCUT2D eigenvalue weighted by Gasteiger charge is -2.40. The van der Waals surface area contributed by atoms with Gasteiger partial charge in [-0.1, -0.05) is 29.3 Å². The molecule has 1 N–H and O–H groups in total. The van der Waals surface area contributed by atoms with Crippen LogP contribution in [0.25, 0.3) is 0 Å². The van der Waals surface area contributed by atoms with Crippen LogP contribution in [0.1, 0.15) is 31.2 Å². The molecule has 0 saturated carbocycles. The molecule has 1 aromatic rings. The molecule has 3 rings (SSSR count). The number of carbonyl (C=O) groups excluding carboxylic acids is 1. The quantitative estimate of drug-likeness (QED) is 0.885. The molecule has 2 aliphatic heterocycles. The summed E-state index contributed by atoms with van der Waals surface area (Å²) in [5.74, 6) is 0.101. The van der Waals surface area contributed by atoms with Crippen molar-refractivity contribution in [3.05, 3.63) is 33.8 Å². The lowest BCUT2D eigenvalue weighted by molar-refractivity contribution is -0.136. The third-order valence-electron chi connectivity index (χ3n) is 5.02. The van der Waals surface area contributed by atoms with E-state index < -0.39 is 0 Å². The van der Waals surface area contributed by atoms with Crippen molar-refractivity contribution < 1.29 is 9.90 Å². The van der Waals surface area contributed by atoms with Gasteiger partial charge >= 0.3 is 0 Å². The number of benzene rings is 1. The minimum absolute atomic E-state index is 0.0992. The number of carbonyl (C=O) groups is 1. The van der Waals surface area contributed by atoms with Crippen LogP contribution in [-0.4, -0.2) is 59.1 Å². The Morgan fingerprint density at radius 1 is 1.17 bits per heavy atom. The number of hydrogen-bond acceptors (Lipinski definition) is 3. The number of hydrogen-bond donors (Lipinski definition) is 1. The lowest BCUT2D eigenvalue weighted by Crippen LogP contribution is -2.52. The SMILES string of the molecule is O=C(Cc1ccc(Cl)c(Cl)c1)N1CC[C@H](O)C[C@@H]1CN1CCCC1. The van der Waals surface area contributed by atoms with Gasteiger partial charge in [-0.15, -0.1) is 0 Å². The second-order valence-corrected chi connectivity index (χ2v) is 7.67. The maximum Gasteiger partial charge on any atom is 0.227 e. The molecule has 0 unspecified atom stereocenters. The molecule has 132 valence electrons. The van der Waals surface area contributed by atoms with Gasteiger partial charge in [0.25, 0.3) is 0 Å². The Bertz CT molecular complexity index is 590. The van der Waals surface area contributed by atoms with Crippen molar-refractivity contribution in [2.75, 3.05) is 26.2 Å². The van der Waals surface area contributed by atoms with E-state index in [4.69, 9.17) is 23.2 Å². The number of nitrogens with zero attached hydrogens (tertiary/aromatic N) is 2. The fraction of sp³-hybridized carbons (Fsp3) is 0.611. The first-order valence-electron chi connectivity index (χ1n) is 8.67. The molecule has 0 radical (unpaired) electrons. The predicted molar refractivity (Wildman–Crippen MR) is 96.6 cm³/mol. The zero-order valence-electron chi connectivity index (χ0n) is 13.8. The standard InChI is InChI=1S/C18H24Cl2N2O2/c19-16-4-3-13(9-17(16)20)10-18(24)22-8-5-15(23)11-14(22)12-21-6-1-2-7-21/h3-4,9,14-15,23H,1-2,5-8,10-12H2/t14-,15+/m1/s1. The highest BCUT2D eigenvalue weighted by atomic mass is 35.5. The summed E-state index contributed by atoms with van der Waals surface area (Å²) in [6.07, 6.45) is 3.81. The van der Waals surface area contributed by atoms with Crippen molar-refractivity contribution in [2.24, 2.45) is 0 Å². The van der Waals surface area contributed by atoms with Crippen LogP contribution in [0.2, 0.25) is 10.0 Å². The highest BCUT2D eigenvalue weighted by Crippen LogP contribution is 2.25. The van der Waals surface area contributed by atoms with Gasteiger partial charge in [0.1, 0.15) is 0 Å². The van der Waals surface area contributed by atoms with Gasteiger partial charge in [-0.2, -0.15) is 0 Å². The number of rotatable bonds is 4. The van der Waals surface area contributed by atoms with Crippen molar-refractivity contribution in [1.82, 2.24) is 9.80 Å². The Balaban J connectivity index is 1.66. The van der Waals surface area contributed by atoms with Gasteiger partial charge in [0, 0.05) is 19.1 Å². The Kier molecular flexibility index (Phi) is 6.03. The fourth-order valence-electron chi connectivity index (χ4n) is 3.72. The molecule has 2 heterocycles. The summed E-state index contributed by atoms with van der Waals surface area (Å²) in [6, 6.07) is 5.44. The van der Waals surface area contributed by atoms with E-state index >= 15 is 0 Å². The Morgan fingerprint density at radius 2 is 1.92 bits per heavy atom. The maximum absolute atomic E-state index is 12.8. The molecule has 2 atom stereocenters. The number of piperidine rings is 1. The molecule has 6 heteroatoms. The zero-order valence-corrected chi connectivity index (χ0v) is 15.3. The van der Waals surface area contributed by atoms with Crippen molar-refractivity contribution in [2.45, 2.75) is 44.2 Å². The van der Waals surface area contributed by atoms with Gasteiger partial charge < -0.3 is 14.9 Å². The van der Waals surface area contributed by atoms with E-state index in [1.807, 2.05) is 11.0 Å². The molecule has 2 fully saturated rings. The molecular formula is C18H24Cl2N2O2. The van der Waals surface area contributed by atoms with Gasteiger partial charge in [-0.25, -0.2) is 0 Å². The van der Waals surface area contributed by atoms with Crippen LogP contribution in [0.15, 0.2) is 18.2 Å². The Morgan fingerprint density at radius 3 is 2.62 bits per heavy atom. The normalized spacial score (nSPS) is 25.2. The predicted octanol–water partition coefficient (Wildman–Crippen LogP) is 2.98. The number of amides is 1. The fourth-order valence-corrected chi connectivity index (χ4v) is 4.04. The summed E-state index contributed by atoms with van der Waals surface area (Å²) in [7, 11) is 0. The third kappa shape index (κ3) is 4.42. The summed E-state index contributed by atoms with van der Waals surface area (Å²) in [4.78, 5) is 17.2. The van der Waals surface area contributed by atoms with E-state index in [2.05, 4.69) is 4.90 Å². The summed E-state index contributed by atoms with van der Waals surface area (Å²) in [6.45, 7) is 3.69. The summed E-state index contributed by atoms with van der Waals surface area (Å²) >= 11 is 12.0. The Labute approximate surface area is 153 Å². The summed E-state index contributed by atoms with van der Waals surface area (Å²) in [5.41, 5.74) is 0.875. The van der Waals surface area contributed by atoms with Crippen molar-refractivity contribution in [3.63, 3.8) is 0 Å². The van der Waals surface area contributed by atoms with Gasteiger partial charge in [0.15, 0.2) is 0 Å². The first-order valence-corrected chi connectivity index (χ1v) is 9.42. The second kappa shape index (κ2) is 8.05. The monoisotopic (exact) mass is 370 g/mol. The molecular weight excluding hydrogens is 347 g/mol. The van der Waals surface area contributed by atoms with Crippen LogP contribution in [0.4, 0.5) is 0 Å². The average Bonchev–Trinajstić information content (AvgIpc) is 3.04. The molecule has 0 spiro atoms. The molecule has 0 bridgehead atoms. The van der Waals surface area contributed by atoms with Gasteiger partial charge in [-0.05, 0) is 56.5 Å². The summed E-state index contributed by atoms with van der Waals surface area (Å²) in [5, 5.41) is 11.0. The van der Waals surface area contributed by atoms with Gasteiger partial charge in [0.05, 0.1) is 22.6 Å². The van der Waals surface area contributed by atoms with Crippen LogP contribution in [0.3, 0.4) is 0 Å². The first kappa shape index (κ1) is 18.0. The van der Waals surface area contributed by atoms with Crippen molar-refractivity contribution in [3.8, 4) is 0 Å². The van der Waals surface area contributed by atoms with Crippen LogP contribution in [0, 0.1) is 0 Å². The second-order valence-electron chi connectivity index (χ2n) is 6.85. The van der Waals surface area contributed by atoms with Crippen LogP contribution < -0.4 is 0 Å². The minimum atomic E-state index is -0.299. The Hall–Kier alpha value is -0.810. The molecule has 24 heavy (non-hydrogen) atoms. The van der Waals surface area contributed by atoms with E-state index in [0.29, 0.717) is 35.9 Å². The zero-order chi connectivity index (χ0) is 17.1. The maximum atomic E-state index is 12.8. The topological polar surface area (TPSA) is 43.8 Å².